The van der Waals surface area contributed by atoms with E-state index in [0.29, 0.717) is 13.1 Å². The van der Waals surface area contributed by atoms with Crippen LogP contribution in [0.1, 0.15) is 44.9 Å². The van der Waals surface area contributed by atoms with Gasteiger partial charge < -0.3 is 10.0 Å². The van der Waals surface area contributed by atoms with Crippen LogP contribution in [-0.4, -0.2) is 35.6 Å². The summed E-state index contributed by atoms with van der Waals surface area (Å²) in [6, 6.07) is 12.3. The largest absolute Gasteiger partial charge is 0.395 e. The van der Waals surface area contributed by atoms with Gasteiger partial charge in [0.2, 0.25) is 0 Å². The van der Waals surface area contributed by atoms with Crippen molar-refractivity contribution in [2.24, 2.45) is 0 Å². The minimum atomic E-state index is 0.00557. The SMILES string of the molecule is O=C(c1cc2c(s1)CCCCC2)N(CCO)CCc1ccccc1. The van der Waals surface area contributed by atoms with Crippen molar-refractivity contribution >= 4 is 17.2 Å². The van der Waals surface area contributed by atoms with Gasteiger partial charge in [-0.05, 0) is 49.3 Å². The molecule has 2 aromatic rings. The molecular formula is C20H25NO2S. The molecule has 24 heavy (non-hydrogen) atoms. The van der Waals surface area contributed by atoms with Gasteiger partial charge in [0.1, 0.15) is 0 Å². The fraction of sp³-hybridized carbons (Fsp3) is 0.450. The predicted molar refractivity (Wildman–Crippen MR) is 98.7 cm³/mol. The summed E-state index contributed by atoms with van der Waals surface area (Å²) in [5.41, 5.74) is 2.59. The normalized spacial score (nSPS) is 14.0. The topological polar surface area (TPSA) is 40.5 Å². The average molecular weight is 343 g/mol. The van der Waals surface area contributed by atoms with Crippen LogP contribution in [-0.2, 0) is 19.3 Å². The second-order valence-corrected chi connectivity index (χ2v) is 7.51. The van der Waals surface area contributed by atoms with Crippen LogP contribution in [0.5, 0.6) is 0 Å². The Morgan fingerprint density at radius 3 is 2.67 bits per heavy atom. The van der Waals surface area contributed by atoms with Gasteiger partial charge in [-0.15, -0.1) is 11.3 Å². The molecule has 0 bridgehead atoms. The zero-order valence-electron chi connectivity index (χ0n) is 14.0. The van der Waals surface area contributed by atoms with Crippen LogP contribution in [0.3, 0.4) is 0 Å². The third-order valence-electron chi connectivity index (χ3n) is 4.63. The summed E-state index contributed by atoms with van der Waals surface area (Å²) >= 11 is 1.66. The lowest BCUT2D eigenvalue weighted by Gasteiger charge is -2.21. The van der Waals surface area contributed by atoms with Crippen LogP contribution in [0, 0.1) is 0 Å². The number of aliphatic hydroxyl groups excluding tert-OH is 1. The van der Waals surface area contributed by atoms with E-state index in [0.717, 1.165) is 24.1 Å². The molecule has 1 aromatic carbocycles. The summed E-state index contributed by atoms with van der Waals surface area (Å²) in [6.07, 6.45) is 6.78. The average Bonchev–Trinajstić information content (AvgIpc) is 2.89. The Kier molecular flexibility index (Phi) is 6.05. The lowest BCUT2D eigenvalue weighted by Crippen LogP contribution is -2.34. The first-order valence-corrected chi connectivity index (χ1v) is 9.65. The number of fused-ring (bicyclic) bond motifs is 1. The van der Waals surface area contributed by atoms with Gasteiger partial charge in [-0.25, -0.2) is 0 Å². The molecular weight excluding hydrogens is 318 g/mol. The van der Waals surface area contributed by atoms with Gasteiger partial charge in [0, 0.05) is 18.0 Å². The predicted octanol–water partition coefficient (Wildman–Crippen LogP) is 3.69. The lowest BCUT2D eigenvalue weighted by atomic mass is 10.1. The summed E-state index contributed by atoms with van der Waals surface area (Å²) in [6.45, 7) is 1.05. The molecule has 0 fully saturated rings. The number of amides is 1. The Balaban J connectivity index is 1.69. The molecule has 1 aliphatic carbocycles. The van der Waals surface area contributed by atoms with Gasteiger partial charge in [-0.3, -0.25) is 4.79 Å². The van der Waals surface area contributed by atoms with Crippen molar-refractivity contribution in [2.75, 3.05) is 19.7 Å². The van der Waals surface area contributed by atoms with E-state index < -0.39 is 0 Å². The number of hydrogen-bond acceptors (Lipinski definition) is 3. The molecule has 1 amide bonds. The van der Waals surface area contributed by atoms with Crippen LogP contribution in [0.2, 0.25) is 0 Å². The van der Waals surface area contributed by atoms with Crippen molar-refractivity contribution in [3.05, 3.63) is 57.3 Å². The Morgan fingerprint density at radius 2 is 1.88 bits per heavy atom. The highest BCUT2D eigenvalue weighted by Crippen LogP contribution is 2.29. The third-order valence-corrected chi connectivity index (χ3v) is 5.85. The first kappa shape index (κ1) is 17.2. The van der Waals surface area contributed by atoms with E-state index in [1.54, 1.807) is 16.2 Å². The second kappa shape index (κ2) is 8.45. The van der Waals surface area contributed by atoms with Crippen molar-refractivity contribution in [3.63, 3.8) is 0 Å². The number of hydrogen-bond donors (Lipinski definition) is 1. The molecule has 4 heteroatoms. The van der Waals surface area contributed by atoms with Crippen molar-refractivity contribution < 1.29 is 9.90 Å². The smallest absolute Gasteiger partial charge is 0.264 e. The Bertz CT molecular complexity index is 642. The quantitative estimate of drug-likeness (QED) is 0.813. The number of thiophene rings is 1. The zero-order chi connectivity index (χ0) is 16.8. The van der Waals surface area contributed by atoms with Gasteiger partial charge in [0.05, 0.1) is 11.5 Å². The molecule has 1 heterocycles. The van der Waals surface area contributed by atoms with Gasteiger partial charge in [0.15, 0.2) is 0 Å². The van der Waals surface area contributed by atoms with E-state index in [9.17, 15) is 9.90 Å². The van der Waals surface area contributed by atoms with E-state index in [2.05, 4.69) is 18.2 Å². The summed E-state index contributed by atoms with van der Waals surface area (Å²) in [7, 11) is 0. The first-order valence-electron chi connectivity index (χ1n) is 8.83. The summed E-state index contributed by atoms with van der Waals surface area (Å²) in [5, 5.41) is 9.34. The molecule has 3 rings (SSSR count). The van der Waals surface area contributed by atoms with Crippen LogP contribution in [0.15, 0.2) is 36.4 Å². The van der Waals surface area contributed by atoms with Crippen LogP contribution in [0.25, 0.3) is 0 Å². The molecule has 1 aromatic heterocycles. The number of benzene rings is 1. The van der Waals surface area contributed by atoms with Crippen molar-refractivity contribution in [1.82, 2.24) is 4.90 Å². The van der Waals surface area contributed by atoms with E-state index in [1.807, 2.05) is 18.2 Å². The summed E-state index contributed by atoms with van der Waals surface area (Å²) in [4.78, 5) is 16.9. The number of nitrogens with zero attached hydrogens (tertiary/aromatic N) is 1. The number of carbonyl (C=O) groups is 1. The highest BCUT2D eigenvalue weighted by Gasteiger charge is 2.20. The molecule has 128 valence electrons. The van der Waals surface area contributed by atoms with Gasteiger partial charge in [0.25, 0.3) is 5.91 Å². The number of aryl methyl sites for hydroxylation is 2. The Morgan fingerprint density at radius 1 is 1.08 bits per heavy atom. The number of carbonyl (C=O) groups excluding carboxylic acids is 1. The van der Waals surface area contributed by atoms with Crippen LogP contribution in [0.4, 0.5) is 0 Å². The summed E-state index contributed by atoms with van der Waals surface area (Å²) < 4.78 is 0. The molecule has 0 saturated carbocycles. The summed E-state index contributed by atoms with van der Waals surface area (Å²) in [5.74, 6) is 0.0676. The molecule has 0 saturated heterocycles. The minimum absolute atomic E-state index is 0.00557. The van der Waals surface area contributed by atoms with Gasteiger partial charge >= 0.3 is 0 Å². The van der Waals surface area contributed by atoms with Crippen molar-refractivity contribution in [2.45, 2.75) is 38.5 Å². The van der Waals surface area contributed by atoms with Crippen molar-refractivity contribution in [1.29, 1.82) is 0 Å². The minimum Gasteiger partial charge on any atom is -0.395 e. The second-order valence-electron chi connectivity index (χ2n) is 6.37. The lowest BCUT2D eigenvalue weighted by molar-refractivity contribution is 0.0728. The molecule has 1 aliphatic rings. The molecule has 0 unspecified atom stereocenters. The van der Waals surface area contributed by atoms with Crippen molar-refractivity contribution in [3.8, 4) is 0 Å². The highest BCUT2D eigenvalue weighted by molar-refractivity contribution is 7.14. The third kappa shape index (κ3) is 4.25. The standard InChI is InChI=1S/C20H25NO2S/c22-14-13-21(12-11-16-7-3-1-4-8-16)20(23)19-15-17-9-5-2-6-10-18(17)24-19/h1,3-4,7-8,15,22H,2,5-6,9-14H2. The van der Waals surface area contributed by atoms with E-state index >= 15 is 0 Å². The Hall–Kier alpha value is -1.65. The monoisotopic (exact) mass is 343 g/mol. The van der Waals surface area contributed by atoms with Gasteiger partial charge in [-0.2, -0.15) is 0 Å². The first-order chi connectivity index (χ1) is 11.8. The molecule has 0 spiro atoms. The van der Waals surface area contributed by atoms with E-state index in [4.69, 9.17) is 0 Å². The fourth-order valence-electron chi connectivity index (χ4n) is 3.27. The van der Waals surface area contributed by atoms with Gasteiger partial charge in [-0.1, -0.05) is 36.8 Å². The van der Waals surface area contributed by atoms with Crippen LogP contribution >= 0.6 is 11.3 Å². The fourth-order valence-corrected chi connectivity index (χ4v) is 4.49. The molecule has 1 N–H and O–H groups in total. The number of rotatable bonds is 6. The molecule has 0 radical (unpaired) electrons. The maximum Gasteiger partial charge on any atom is 0.264 e. The van der Waals surface area contributed by atoms with Crippen LogP contribution < -0.4 is 0 Å². The Labute approximate surface area is 147 Å². The molecule has 3 nitrogen and oxygen atoms in total. The highest BCUT2D eigenvalue weighted by atomic mass is 32.1. The zero-order valence-corrected chi connectivity index (χ0v) is 14.9. The number of aliphatic hydroxyl groups is 1. The maximum atomic E-state index is 12.9. The maximum absolute atomic E-state index is 12.9. The molecule has 0 aliphatic heterocycles. The van der Waals surface area contributed by atoms with E-state index in [-0.39, 0.29) is 12.5 Å². The van der Waals surface area contributed by atoms with E-state index in [1.165, 1.54) is 35.3 Å². The molecule has 0 atom stereocenters.